The normalized spacial score (nSPS) is 11.5. The first kappa shape index (κ1) is 65.1. The smallest absolute Gasteiger partial charge is 0.0540 e. The van der Waals surface area contributed by atoms with E-state index in [-0.39, 0.29) is 0 Å². The van der Waals surface area contributed by atoms with E-state index in [0.29, 0.717) is 0 Å². The van der Waals surface area contributed by atoms with Gasteiger partial charge in [-0.3, -0.25) is 0 Å². The summed E-state index contributed by atoms with van der Waals surface area (Å²) >= 11 is 0. The van der Waals surface area contributed by atoms with Crippen molar-refractivity contribution in [2.24, 2.45) is 0 Å². The molecule has 20 rings (SSSR count). The predicted octanol–water partition coefficient (Wildman–Crippen LogP) is 30.5. The molecule has 0 bridgehead atoms. The van der Waals surface area contributed by atoms with Crippen molar-refractivity contribution in [2.75, 3.05) is 9.80 Å². The van der Waals surface area contributed by atoms with E-state index in [1.54, 1.807) is 0 Å². The molecule has 20 aromatic rings. The van der Waals surface area contributed by atoms with Gasteiger partial charge in [-0.25, -0.2) is 0 Å². The molecule has 0 saturated heterocycles. The molecule has 0 N–H and O–H groups in total. The monoisotopic (exact) mass is 1400 g/mol. The Hall–Kier alpha value is -14.4. The Kier molecular flexibility index (Phi) is 16.6. The lowest BCUT2D eigenvalue weighted by atomic mass is 9.88. The highest BCUT2D eigenvalue weighted by molar-refractivity contribution is 6.25. The fourth-order valence-corrected chi connectivity index (χ4v) is 16.7. The zero-order chi connectivity index (χ0) is 72.9. The highest BCUT2D eigenvalue weighted by atomic mass is 15.1. The molecule has 0 radical (unpaired) electrons. The van der Waals surface area contributed by atoms with Crippen LogP contribution in [0.15, 0.2) is 437 Å². The van der Waals surface area contributed by atoms with Crippen molar-refractivity contribution < 1.29 is 0 Å². The van der Waals surface area contributed by atoms with Gasteiger partial charge in [-0.05, 0) is 250 Å². The van der Waals surface area contributed by atoms with Crippen molar-refractivity contribution in [3.63, 3.8) is 0 Å². The summed E-state index contributed by atoms with van der Waals surface area (Å²) in [4.78, 5) is 4.79. The molecule has 2 nitrogen and oxygen atoms in total. The number of hydrogen-bond acceptors (Lipinski definition) is 2. The van der Waals surface area contributed by atoms with Crippen LogP contribution in [-0.4, -0.2) is 0 Å². The van der Waals surface area contributed by atoms with Gasteiger partial charge in [0, 0.05) is 34.0 Å². The topological polar surface area (TPSA) is 6.48 Å². The van der Waals surface area contributed by atoms with Gasteiger partial charge in [0.2, 0.25) is 0 Å². The van der Waals surface area contributed by atoms with Crippen molar-refractivity contribution in [1.29, 1.82) is 0 Å². The molecule has 0 atom stereocenters. The Balaban J connectivity index is 0.616. The summed E-state index contributed by atoms with van der Waals surface area (Å²) in [6, 6.07) is 161. The molecule has 0 aliphatic rings. The number of nitrogens with zero attached hydrogens (tertiary/aromatic N) is 2. The van der Waals surface area contributed by atoms with Crippen LogP contribution in [0.4, 0.5) is 34.1 Å². The third-order valence-corrected chi connectivity index (χ3v) is 22.2. The summed E-state index contributed by atoms with van der Waals surface area (Å²) in [5, 5.41) is 15.0. The van der Waals surface area contributed by atoms with Crippen molar-refractivity contribution in [2.45, 2.75) is 0 Å². The molecule has 0 amide bonds. The second-order valence-electron chi connectivity index (χ2n) is 28.7. The Morgan fingerprint density at radius 2 is 0.436 bits per heavy atom. The lowest BCUT2D eigenvalue weighted by molar-refractivity contribution is 1.28. The lowest BCUT2D eigenvalue weighted by Gasteiger charge is -2.28. The van der Waals surface area contributed by atoms with Crippen LogP contribution >= 0.6 is 0 Å². The van der Waals surface area contributed by atoms with Gasteiger partial charge in [-0.15, -0.1) is 0 Å². The van der Waals surface area contributed by atoms with Crippen LogP contribution in [0, 0.1) is 0 Å². The lowest BCUT2D eigenvalue weighted by Crippen LogP contribution is -2.11. The third-order valence-electron chi connectivity index (χ3n) is 22.2. The van der Waals surface area contributed by atoms with Crippen LogP contribution < -0.4 is 9.80 Å². The zero-order valence-electron chi connectivity index (χ0n) is 60.5. The molecule has 0 aliphatic heterocycles. The van der Waals surface area contributed by atoms with Gasteiger partial charge in [0.15, 0.2) is 0 Å². The quantitative estimate of drug-likeness (QED) is 0.0944. The summed E-state index contributed by atoms with van der Waals surface area (Å²) in [7, 11) is 0. The molecule has 2 heteroatoms. The van der Waals surface area contributed by atoms with Gasteiger partial charge in [-0.1, -0.05) is 346 Å². The molecule has 514 valence electrons. The number of rotatable bonds is 15. The Morgan fingerprint density at radius 1 is 0.127 bits per heavy atom. The molecule has 0 spiro atoms. The molecule has 0 aromatic heterocycles. The summed E-state index contributed by atoms with van der Waals surface area (Å²) in [6.45, 7) is 0. The number of para-hydroxylation sites is 1. The van der Waals surface area contributed by atoms with E-state index in [9.17, 15) is 0 Å². The van der Waals surface area contributed by atoms with Gasteiger partial charge in [-0.2, -0.15) is 0 Å². The van der Waals surface area contributed by atoms with E-state index in [1.165, 1.54) is 115 Å². The first-order chi connectivity index (χ1) is 54.5. The van der Waals surface area contributed by atoms with Gasteiger partial charge < -0.3 is 9.80 Å². The Morgan fingerprint density at radius 3 is 0.955 bits per heavy atom. The average Bonchev–Trinajstić information content (AvgIpc) is 0.745. The highest BCUT2D eigenvalue weighted by Gasteiger charge is 2.22. The number of fused-ring (bicyclic) bond motifs is 10. The number of hydrogen-bond donors (Lipinski definition) is 0. The van der Waals surface area contributed by atoms with E-state index in [0.717, 1.165) is 84.2 Å². The first-order valence-corrected chi connectivity index (χ1v) is 37.9. The first-order valence-electron chi connectivity index (χ1n) is 37.9. The molecular weight excluding hydrogens is 1330 g/mol. The van der Waals surface area contributed by atoms with Crippen LogP contribution in [0.3, 0.4) is 0 Å². The standard InChI is InChI=1S/C108H72N2/c1-4-20-73(21-5-1)75-38-40-76(41-39-75)79-52-61-94(62-53-79)110(106-37-17-16-32-97(106)81-24-8-3-9-25-81)95-65-56-85(57-66-95)104-72-91-49-47-83-27-11-13-34-99(83)108(91)102-67-58-89(70-105(102)104)87-29-18-28-86(68-87)80-44-42-77(43-45-80)78-50-59-92(60-51-78)109(96-31-19-30-88(69-96)74-22-6-2-7-23-74)93-63-54-84(55-64-93)103-71-90-48-46-82-26-10-12-33-98(82)107(90)101-36-15-14-35-100(101)103/h1-72H. The molecule has 0 saturated carbocycles. The maximum atomic E-state index is 2.43. The maximum absolute atomic E-state index is 2.43. The van der Waals surface area contributed by atoms with Gasteiger partial charge in [0.1, 0.15) is 0 Å². The molecule has 0 heterocycles. The minimum Gasteiger partial charge on any atom is -0.310 e. The third kappa shape index (κ3) is 12.2. The number of benzene rings is 20. The van der Waals surface area contributed by atoms with E-state index in [4.69, 9.17) is 0 Å². The minimum absolute atomic E-state index is 1.07. The zero-order valence-corrected chi connectivity index (χ0v) is 60.5. The predicted molar refractivity (Wildman–Crippen MR) is 470 cm³/mol. The summed E-state index contributed by atoms with van der Waals surface area (Å²) < 4.78 is 0. The van der Waals surface area contributed by atoms with Gasteiger partial charge >= 0.3 is 0 Å². The Bertz CT molecular complexity index is 6810. The molecule has 110 heavy (non-hydrogen) atoms. The number of anilines is 6. The van der Waals surface area contributed by atoms with Crippen LogP contribution in [-0.2, 0) is 0 Å². The van der Waals surface area contributed by atoms with E-state index < -0.39 is 0 Å². The van der Waals surface area contributed by atoms with E-state index in [1.807, 2.05) is 0 Å². The molecular formula is C108H72N2. The van der Waals surface area contributed by atoms with E-state index in [2.05, 4.69) is 447 Å². The van der Waals surface area contributed by atoms with Crippen LogP contribution in [0.2, 0.25) is 0 Å². The van der Waals surface area contributed by atoms with Gasteiger partial charge in [0.05, 0.1) is 5.69 Å². The average molecular weight is 1400 g/mol. The Labute approximate surface area is 641 Å². The van der Waals surface area contributed by atoms with Crippen LogP contribution in [0.1, 0.15) is 0 Å². The SMILES string of the molecule is c1ccc(-c2ccc(-c3ccc(N(c4ccc(-c5cc6ccc7ccccc7c6c6ccc(-c7cccc(-c8ccc(-c9ccc(N(c%10ccc(-c%11cc%12ccc%13ccccc%13c%12c%12ccccc%11%12)cc%10)c%10cccc(-c%11ccccc%11)c%10)cc9)cc8)c7)cc56)cc4)c4ccccc4-c4ccccc4)cc3)cc2)cc1. The van der Waals surface area contributed by atoms with Gasteiger partial charge in [0.25, 0.3) is 0 Å². The largest absolute Gasteiger partial charge is 0.310 e. The van der Waals surface area contributed by atoms with Crippen LogP contribution in [0.25, 0.3) is 165 Å². The van der Waals surface area contributed by atoms with Crippen molar-refractivity contribution in [3.05, 3.63) is 437 Å². The van der Waals surface area contributed by atoms with Crippen LogP contribution in [0.5, 0.6) is 0 Å². The fourth-order valence-electron chi connectivity index (χ4n) is 16.7. The molecule has 0 aliphatic carbocycles. The van der Waals surface area contributed by atoms with Crippen molar-refractivity contribution in [1.82, 2.24) is 0 Å². The summed E-state index contributed by atoms with van der Waals surface area (Å²) in [5.74, 6) is 0. The minimum atomic E-state index is 1.07. The molecule has 20 aromatic carbocycles. The highest BCUT2D eigenvalue weighted by Crippen LogP contribution is 2.47. The van der Waals surface area contributed by atoms with Crippen molar-refractivity contribution >= 4 is 98.8 Å². The maximum Gasteiger partial charge on any atom is 0.0540 e. The van der Waals surface area contributed by atoms with E-state index >= 15 is 0 Å². The molecule has 0 fully saturated rings. The fraction of sp³-hybridized carbons (Fsp3) is 0. The van der Waals surface area contributed by atoms with Crippen molar-refractivity contribution in [3.8, 4) is 100 Å². The second-order valence-corrected chi connectivity index (χ2v) is 28.7. The second kappa shape index (κ2) is 28.1. The summed E-state index contributed by atoms with van der Waals surface area (Å²) in [5.41, 5.74) is 27.6. The molecule has 0 unspecified atom stereocenters. The summed E-state index contributed by atoms with van der Waals surface area (Å²) in [6.07, 6.45) is 0.